The molecule has 0 bridgehead atoms. The molecule has 112 valence electrons. The minimum Gasteiger partial charge on any atom is -0.490 e. The largest absolute Gasteiger partial charge is 0.490 e. The van der Waals surface area contributed by atoms with Gasteiger partial charge in [0.1, 0.15) is 12.7 Å². The van der Waals surface area contributed by atoms with Crippen molar-refractivity contribution in [3.63, 3.8) is 0 Å². The summed E-state index contributed by atoms with van der Waals surface area (Å²) in [5, 5.41) is 0. The molecule has 0 unspecified atom stereocenters. The zero-order chi connectivity index (χ0) is 14.6. The number of epoxide rings is 1. The van der Waals surface area contributed by atoms with Crippen LogP contribution in [0.25, 0.3) is 0 Å². The van der Waals surface area contributed by atoms with Gasteiger partial charge in [-0.15, -0.1) is 0 Å². The number of alkyl halides is 3. The molecule has 1 aliphatic heterocycles. The van der Waals surface area contributed by atoms with E-state index in [9.17, 15) is 13.2 Å². The van der Waals surface area contributed by atoms with Gasteiger partial charge >= 0.3 is 6.18 Å². The van der Waals surface area contributed by atoms with E-state index in [4.69, 9.17) is 14.2 Å². The summed E-state index contributed by atoms with van der Waals surface area (Å²) in [5.41, 5.74) is -0.737. The van der Waals surface area contributed by atoms with Crippen molar-refractivity contribution in [2.45, 2.75) is 32.0 Å². The average molecular weight is 290 g/mol. The third kappa shape index (κ3) is 4.30. The van der Waals surface area contributed by atoms with Crippen LogP contribution < -0.4 is 9.47 Å². The summed E-state index contributed by atoms with van der Waals surface area (Å²) in [4.78, 5) is 0. The molecule has 0 aromatic heterocycles. The van der Waals surface area contributed by atoms with Gasteiger partial charge in [0, 0.05) is 0 Å². The molecule has 0 N–H and O–H groups in total. The Hall–Kier alpha value is -1.43. The van der Waals surface area contributed by atoms with Crippen LogP contribution in [0.5, 0.6) is 11.5 Å². The van der Waals surface area contributed by atoms with Crippen LogP contribution >= 0.6 is 0 Å². The van der Waals surface area contributed by atoms with E-state index >= 15 is 0 Å². The van der Waals surface area contributed by atoms with E-state index in [0.29, 0.717) is 25.6 Å². The Morgan fingerprint density at radius 3 is 2.60 bits per heavy atom. The van der Waals surface area contributed by atoms with Gasteiger partial charge in [-0.1, -0.05) is 13.3 Å². The fourth-order valence-electron chi connectivity index (χ4n) is 1.59. The van der Waals surface area contributed by atoms with Crippen molar-refractivity contribution in [2.75, 3.05) is 19.8 Å². The molecule has 0 spiro atoms. The Bertz CT molecular complexity index is 442. The molecular formula is C14H17F3O3. The van der Waals surface area contributed by atoms with Gasteiger partial charge in [-0.05, 0) is 24.6 Å². The van der Waals surface area contributed by atoms with Crippen LogP contribution in [-0.4, -0.2) is 25.9 Å². The van der Waals surface area contributed by atoms with E-state index in [1.165, 1.54) is 6.07 Å². The lowest BCUT2D eigenvalue weighted by molar-refractivity contribution is -0.137. The molecule has 2 rings (SSSR count). The number of ether oxygens (including phenoxy) is 3. The van der Waals surface area contributed by atoms with Crippen LogP contribution in [0.1, 0.15) is 25.3 Å². The van der Waals surface area contributed by atoms with Crippen molar-refractivity contribution >= 4 is 0 Å². The highest BCUT2D eigenvalue weighted by Crippen LogP contribution is 2.36. The van der Waals surface area contributed by atoms with Crippen molar-refractivity contribution in [3.05, 3.63) is 23.8 Å². The maximum Gasteiger partial charge on any atom is 0.416 e. The van der Waals surface area contributed by atoms with Crippen LogP contribution in [0, 0.1) is 0 Å². The highest BCUT2D eigenvalue weighted by molar-refractivity contribution is 5.43. The van der Waals surface area contributed by atoms with E-state index in [0.717, 1.165) is 25.0 Å². The fourth-order valence-corrected chi connectivity index (χ4v) is 1.59. The minimum atomic E-state index is -4.39. The summed E-state index contributed by atoms with van der Waals surface area (Å²) in [6.07, 6.45) is -2.66. The van der Waals surface area contributed by atoms with Gasteiger partial charge in [-0.2, -0.15) is 13.2 Å². The van der Waals surface area contributed by atoms with Gasteiger partial charge in [-0.25, -0.2) is 0 Å². The van der Waals surface area contributed by atoms with Crippen molar-refractivity contribution in [3.8, 4) is 11.5 Å². The molecule has 6 heteroatoms. The first-order chi connectivity index (χ1) is 9.50. The molecule has 1 aromatic rings. The van der Waals surface area contributed by atoms with E-state index in [-0.39, 0.29) is 11.9 Å². The molecule has 1 aromatic carbocycles. The van der Waals surface area contributed by atoms with Crippen LogP contribution in [0.2, 0.25) is 0 Å². The number of hydrogen-bond donors (Lipinski definition) is 0. The molecule has 0 aliphatic carbocycles. The first-order valence-corrected chi connectivity index (χ1v) is 6.59. The van der Waals surface area contributed by atoms with E-state index in [1.54, 1.807) is 0 Å². The van der Waals surface area contributed by atoms with Gasteiger partial charge in [-0.3, -0.25) is 0 Å². The van der Waals surface area contributed by atoms with Crippen molar-refractivity contribution in [1.82, 2.24) is 0 Å². The van der Waals surface area contributed by atoms with Gasteiger partial charge in [0.05, 0.1) is 18.8 Å². The molecule has 3 nitrogen and oxygen atoms in total. The van der Waals surface area contributed by atoms with E-state index in [2.05, 4.69) is 0 Å². The second-order valence-electron chi connectivity index (χ2n) is 4.63. The zero-order valence-corrected chi connectivity index (χ0v) is 11.2. The van der Waals surface area contributed by atoms with Crippen LogP contribution in [-0.2, 0) is 10.9 Å². The van der Waals surface area contributed by atoms with Crippen molar-refractivity contribution in [2.24, 2.45) is 0 Å². The number of halogens is 3. The second-order valence-corrected chi connectivity index (χ2v) is 4.63. The van der Waals surface area contributed by atoms with Crippen LogP contribution in [0.4, 0.5) is 13.2 Å². The molecule has 1 aliphatic rings. The first-order valence-electron chi connectivity index (χ1n) is 6.59. The topological polar surface area (TPSA) is 31.0 Å². The minimum absolute atomic E-state index is 0.0424. The van der Waals surface area contributed by atoms with Crippen LogP contribution in [0.15, 0.2) is 18.2 Å². The van der Waals surface area contributed by atoms with Gasteiger partial charge in [0.2, 0.25) is 0 Å². The summed E-state index contributed by atoms with van der Waals surface area (Å²) < 4.78 is 53.9. The maximum absolute atomic E-state index is 12.7. The first kappa shape index (κ1) is 15.0. The Balaban J connectivity index is 2.10. The highest BCUT2D eigenvalue weighted by atomic mass is 19.4. The Morgan fingerprint density at radius 2 is 2.00 bits per heavy atom. The third-order valence-corrected chi connectivity index (χ3v) is 2.85. The maximum atomic E-state index is 12.7. The molecule has 20 heavy (non-hydrogen) atoms. The molecule has 1 saturated heterocycles. The normalized spacial score (nSPS) is 17.9. The summed E-state index contributed by atoms with van der Waals surface area (Å²) in [5.74, 6) is 0.457. The molecule has 0 radical (unpaired) electrons. The average Bonchev–Trinajstić information content (AvgIpc) is 3.20. The molecular weight excluding hydrogens is 273 g/mol. The predicted molar refractivity (Wildman–Crippen MR) is 67.1 cm³/mol. The number of benzene rings is 1. The van der Waals surface area contributed by atoms with Crippen molar-refractivity contribution in [1.29, 1.82) is 0 Å². The SMILES string of the molecule is CCCCOc1cc(C(F)(F)F)ccc1OC[C@H]1CO1. The standard InChI is InChI=1S/C14H17F3O3/c1-2-3-6-18-13-7-10(14(15,16)17)4-5-12(13)20-9-11-8-19-11/h4-5,7,11H,2-3,6,8-9H2,1H3/t11-/m1/s1. The Kier molecular flexibility index (Phi) is 4.75. The van der Waals surface area contributed by atoms with E-state index < -0.39 is 11.7 Å². The Morgan fingerprint density at radius 1 is 1.25 bits per heavy atom. The number of unbranched alkanes of at least 4 members (excludes halogenated alkanes) is 1. The van der Waals surface area contributed by atoms with Crippen molar-refractivity contribution < 1.29 is 27.4 Å². The van der Waals surface area contributed by atoms with Gasteiger partial charge < -0.3 is 14.2 Å². The summed E-state index contributed by atoms with van der Waals surface area (Å²) in [6, 6.07) is 3.28. The zero-order valence-electron chi connectivity index (χ0n) is 11.2. The fraction of sp³-hybridized carbons (Fsp3) is 0.571. The monoisotopic (exact) mass is 290 g/mol. The number of rotatable bonds is 7. The predicted octanol–water partition coefficient (Wildman–Crippen LogP) is 3.66. The second kappa shape index (κ2) is 6.35. The quantitative estimate of drug-likeness (QED) is 0.567. The van der Waals surface area contributed by atoms with Gasteiger partial charge in [0.25, 0.3) is 0 Å². The molecule has 1 heterocycles. The molecule has 1 fully saturated rings. The summed E-state index contributed by atoms with van der Waals surface area (Å²) >= 11 is 0. The summed E-state index contributed by atoms with van der Waals surface area (Å²) in [7, 11) is 0. The van der Waals surface area contributed by atoms with Crippen LogP contribution in [0.3, 0.4) is 0 Å². The van der Waals surface area contributed by atoms with E-state index in [1.807, 2.05) is 6.92 Å². The molecule has 1 atom stereocenters. The molecule has 0 amide bonds. The number of hydrogen-bond acceptors (Lipinski definition) is 3. The lowest BCUT2D eigenvalue weighted by Crippen LogP contribution is -2.09. The highest BCUT2D eigenvalue weighted by Gasteiger charge is 2.32. The van der Waals surface area contributed by atoms with Gasteiger partial charge in [0.15, 0.2) is 11.5 Å². The lowest BCUT2D eigenvalue weighted by atomic mass is 10.2. The molecule has 0 saturated carbocycles. The third-order valence-electron chi connectivity index (χ3n) is 2.85. The Labute approximate surface area is 115 Å². The summed E-state index contributed by atoms with van der Waals surface area (Å²) in [6.45, 7) is 3.31. The lowest BCUT2D eigenvalue weighted by Gasteiger charge is -2.14. The smallest absolute Gasteiger partial charge is 0.416 e.